The predicted octanol–water partition coefficient (Wildman–Crippen LogP) is 2.26. The second-order valence-corrected chi connectivity index (χ2v) is 8.90. The summed E-state index contributed by atoms with van der Waals surface area (Å²) in [7, 11) is 0. The summed E-state index contributed by atoms with van der Waals surface area (Å²) in [5.74, 6) is -1.09. The van der Waals surface area contributed by atoms with Crippen molar-refractivity contribution in [3.63, 3.8) is 0 Å². The highest BCUT2D eigenvalue weighted by atomic mass is 19.3. The molecule has 4 heterocycles. The first kappa shape index (κ1) is 18.9. The lowest BCUT2D eigenvalue weighted by Crippen LogP contribution is -2.60. The van der Waals surface area contributed by atoms with Gasteiger partial charge in [-0.05, 0) is 56.2 Å². The van der Waals surface area contributed by atoms with Gasteiger partial charge in [0.05, 0.1) is 12.1 Å². The van der Waals surface area contributed by atoms with Crippen LogP contribution in [0.1, 0.15) is 44.1 Å². The maximum atomic E-state index is 13.7. The molecule has 2 bridgehead atoms. The number of likely N-dealkylation sites (tertiary alicyclic amines) is 1. The first-order valence-electron chi connectivity index (χ1n) is 10.4. The number of carbonyl (C=O) groups is 2. The largest absolute Gasteiger partial charge is 0.368 e. The summed E-state index contributed by atoms with van der Waals surface area (Å²) in [5.41, 5.74) is 0.694. The molecule has 3 atom stereocenters. The van der Waals surface area contributed by atoms with Gasteiger partial charge in [-0.3, -0.25) is 15.1 Å². The molecule has 1 aromatic rings. The van der Waals surface area contributed by atoms with Gasteiger partial charge in [0.25, 0.3) is 0 Å². The van der Waals surface area contributed by atoms with E-state index in [-0.39, 0.29) is 29.8 Å². The number of benzene rings is 1. The van der Waals surface area contributed by atoms with Crippen molar-refractivity contribution in [2.24, 2.45) is 0 Å². The highest BCUT2D eigenvalue weighted by Crippen LogP contribution is 2.40. The maximum absolute atomic E-state index is 13.7. The Hall–Kier alpha value is -2.06. The monoisotopic (exact) mass is 405 g/mol. The lowest BCUT2D eigenvalue weighted by Gasteiger charge is -2.45. The van der Waals surface area contributed by atoms with Crippen molar-refractivity contribution in [2.75, 3.05) is 18.0 Å². The van der Waals surface area contributed by atoms with Gasteiger partial charge in [-0.25, -0.2) is 9.18 Å². The number of carbonyl (C=O) groups excluding carboxylic acids is 2. The third-order valence-corrected chi connectivity index (χ3v) is 7.30. The van der Waals surface area contributed by atoms with E-state index in [1.165, 1.54) is 12.1 Å². The zero-order valence-corrected chi connectivity index (χ0v) is 16.2. The minimum absolute atomic E-state index is 0.0357. The fraction of sp³-hybridized carbons (Fsp3) is 0.619. The van der Waals surface area contributed by atoms with Gasteiger partial charge in [0, 0.05) is 35.7 Å². The average molecular weight is 405 g/mol. The number of halogens is 2. The minimum atomic E-state index is -0.902. The zero-order valence-electron chi connectivity index (χ0n) is 16.2. The molecule has 0 radical (unpaired) electrons. The van der Waals surface area contributed by atoms with Gasteiger partial charge < -0.3 is 9.80 Å². The van der Waals surface area contributed by atoms with E-state index in [9.17, 15) is 18.5 Å². The molecule has 0 aromatic heterocycles. The number of fused-ring (bicyclic) bond motifs is 3. The molecule has 4 aliphatic rings. The van der Waals surface area contributed by atoms with Crippen molar-refractivity contribution in [2.45, 2.75) is 68.6 Å². The number of anilines is 1. The van der Waals surface area contributed by atoms with Gasteiger partial charge in [-0.2, -0.15) is 0 Å². The summed E-state index contributed by atoms with van der Waals surface area (Å²) >= 11 is 0. The third-order valence-electron chi connectivity index (χ3n) is 7.30. The average Bonchev–Trinajstić information content (AvgIpc) is 3.22. The number of nitrogens with one attached hydrogen (secondary N) is 1. The van der Waals surface area contributed by atoms with Crippen LogP contribution in [0.15, 0.2) is 18.2 Å². The van der Waals surface area contributed by atoms with Crippen molar-refractivity contribution in [3.8, 4) is 0 Å². The first-order valence-corrected chi connectivity index (χ1v) is 10.4. The Balaban J connectivity index is 1.27. The molecule has 0 aliphatic carbocycles. The van der Waals surface area contributed by atoms with E-state index < -0.39 is 11.5 Å². The van der Waals surface area contributed by atoms with Crippen LogP contribution in [0.4, 0.5) is 14.6 Å². The van der Waals surface area contributed by atoms with Crippen LogP contribution in [-0.4, -0.2) is 53.5 Å². The predicted molar refractivity (Wildman–Crippen MR) is 101 cm³/mol. The van der Waals surface area contributed by atoms with E-state index in [4.69, 9.17) is 0 Å². The topological polar surface area (TPSA) is 61.9 Å². The molecule has 3 fully saturated rings. The Morgan fingerprint density at radius 1 is 1.21 bits per heavy atom. The Morgan fingerprint density at radius 3 is 2.76 bits per heavy atom. The molecule has 1 N–H and O–H groups in total. The molecule has 8 heteroatoms. The van der Waals surface area contributed by atoms with Crippen LogP contribution in [0.2, 0.25) is 0 Å². The van der Waals surface area contributed by atoms with Crippen LogP contribution in [-0.2, 0) is 21.0 Å². The van der Waals surface area contributed by atoms with Gasteiger partial charge >= 0.3 is 5.97 Å². The Morgan fingerprint density at radius 2 is 2.00 bits per heavy atom. The van der Waals surface area contributed by atoms with Crippen LogP contribution in [0.3, 0.4) is 0 Å². The quantitative estimate of drug-likeness (QED) is 0.836. The summed E-state index contributed by atoms with van der Waals surface area (Å²) < 4.78 is 26.4. The fourth-order valence-electron chi connectivity index (χ4n) is 5.91. The lowest BCUT2D eigenvalue weighted by atomic mass is 9.85. The molecule has 3 saturated heterocycles. The number of nitrogens with zero attached hydrogens (tertiary/aromatic N) is 2. The van der Waals surface area contributed by atoms with Crippen LogP contribution in [0, 0.1) is 5.82 Å². The van der Waals surface area contributed by atoms with Crippen molar-refractivity contribution in [1.82, 2.24) is 10.2 Å². The van der Waals surface area contributed by atoms with Crippen molar-refractivity contribution in [3.05, 3.63) is 29.6 Å². The molecule has 156 valence electrons. The van der Waals surface area contributed by atoms with E-state index in [0.717, 1.165) is 44.3 Å². The summed E-state index contributed by atoms with van der Waals surface area (Å²) in [6, 6.07) is 5.03. The third kappa shape index (κ3) is 3.13. The van der Waals surface area contributed by atoms with E-state index >= 15 is 0 Å². The Labute approximate surface area is 168 Å². The van der Waals surface area contributed by atoms with Gasteiger partial charge in [0.2, 0.25) is 5.91 Å². The smallest absolute Gasteiger partial charge is 0.309 e. The molecule has 6 nitrogen and oxygen atoms in total. The van der Waals surface area contributed by atoms with Gasteiger partial charge in [-0.1, -0.05) is 6.07 Å². The molecule has 1 aromatic carbocycles. The molecule has 4 aliphatic heterocycles. The van der Waals surface area contributed by atoms with E-state index in [0.29, 0.717) is 24.9 Å². The molecule has 0 saturated carbocycles. The van der Waals surface area contributed by atoms with Crippen molar-refractivity contribution >= 4 is 17.6 Å². The summed E-state index contributed by atoms with van der Waals surface area (Å²) in [6.07, 6.45) is 4.88. The van der Waals surface area contributed by atoms with Crippen LogP contribution in [0.25, 0.3) is 0 Å². The van der Waals surface area contributed by atoms with E-state index in [2.05, 4.69) is 15.2 Å². The van der Waals surface area contributed by atoms with E-state index in [1.807, 2.05) is 0 Å². The van der Waals surface area contributed by atoms with Gasteiger partial charge in [0.15, 0.2) is 0 Å². The molecular weight excluding hydrogens is 380 g/mol. The van der Waals surface area contributed by atoms with Crippen LogP contribution in [0.5, 0.6) is 0 Å². The Bertz CT molecular complexity index is 842. The second kappa shape index (κ2) is 7.02. The second-order valence-electron chi connectivity index (χ2n) is 8.90. The van der Waals surface area contributed by atoms with Crippen LogP contribution < -0.4 is 10.2 Å². The first-order chi connectivity index (χ1) is 14.0. The SMILES string of the molecule is O=C1Cc2ccc(F)cc2N1C1CCN(C2CC3CCC(C(=O)OF)(C2)N3)CC1. The summed E-state index contributed by atoms with van der Waals surface area (Å²) in [6.45, 7) is 1.61. The Kier molecular flexibility index (Phi) is 4.58. The van der Waals surface area contributed by atoms with Gasteiger partial charge in [-0.15, -0.1) is 0 Å². The molecule has 3 unspecified atom stereocenters. The number of piperidine rings is 2. The molecule has 5 rings (SSSR count). The highest BCUT2D eigenvalue weighted by molar-refractivity contribution is 6.01. The van der Waals surface area contributed by atoms with Crippen molar-refractivity contribution in [1.29, 1.82) is 0 Å². The molecule has 29 heavy (non-hydrogen) atoms. The van der Waals surface area contributed by atoms with Crippen LogP contribution >= 0.6 is 0 Å². The summed E-state index contributed by atoms with van der Waals surface area (Å²) in [5, 5.41) is 3.27. The minimum Gasteiger partial charge on any atom is -0.309 e. The number of rotatable bonds is 3. The fourth-order valence-corrected chi connectivity index (χ4v) is 5.91. The standard InChI is InChI=1S/C21H25F2N3O3/c22-14-2-1-13-9-19(27)26(18(13)10-14)16-4-7-25(8-5-16)17-11-15-3-6-21(12-17,24-15)20(28)29-23/h1-2,10,15-17,24H,3-9,11-12H2. The van der Waals surface area contributed by atoms with E-state index in [1.54, 1.807) is 11.0 Å². The zero-order chi connectivity index (χ0) is 20.2. The molecular formula is C21H25F2N3O3. The van der Waals surface area contributed by atoms with Gasteiger partial charge in [0.1, 0.15) is 11.4 Å². The highest BCUT2D eigenvalue weighted by Gasteiger charge is 2.53. The summed E-state index contributed by atoms with van der Waals surface area (Å²) in [4.78, 5) is 32.3. The number of hydrogen-bond acceptors (Lipinski definition) is 5. The maximum Gasteiger partial charge on any atom is 0.368 e. The number of amides is 1. The molecule has 0 spiro atoms. The lowest BCUT2D eigenvalue weighted by molar-refractivity contribution is -0.193. The molecule has 1 amide bonds. The van der Waals surface area contributed by atoms with Crippen molar-refractivity contribution < 1.29 is 23.4 Å². The number of hydrogen-bond donors (Lipinski definition) is 1. The normalized spacial score (nSPS) is 32.5.